The van der Waals surface area contributed by atoms with Gasteiger partial charge in [-0.2, -0.15) is 0 Å². The van der Waals surface area contributed by atoms with Crippen molar-refractivity contribution in [2.75, 3.05) is 18.2 Å². The number of thioether (sulfide) groups is 1. The Bertz CT molecular complexity index is 591. The van der Waals surface area contributed by atoms with Crippen molar-refractivity contribution in [1.29, 1.82) is 0 Å². The lowest BCUT2D eigenvalue weighted by molar-refractivity contribution is -0.124. The lowest BCUT2D eigenvalue weighted by atomic mass is 10.1. The smallest absolute Gasteiger partial charge is 0.255 e. The molecule has 0 bridgehead atoms. The summed E-state index contributed by atoms with van der Waals surface area (Å²) in [5.41, 5.74) is 6.56. The molecule has 1 heterocycles. The first-order valence-electron chi connectivity index (χ1n) is 7.74. The van der Waals surface area contributed by atoms with E-state index < -0.39 is 6.04 Å². The zero-order valence-corrected chi connectivity index (χ0v) is 14.3. The monoisotopic (exact) mass is 353 g/mol. The summed E-state index contributed by atoms with van der Waals surface area (Å²) in [4.78, 5) is 26.6. The molecule has 7 heteroatoms. The van der Waals surface area contributed by atoms with Gasteiger partial charge in [-0.1, -0.05) is 11.6 Å². The normalized spacial score (nSPS) is 22.0. The molecule has 2 amide bonds. The minimum atomic E-state index is -0.436. The molecule has 2 aliphatic rings. The van der Waals surface area contributed by atoms with Gasteiger partial charge in [-0.05, 0) is 43.0 Å². The molecule has 124 valence electrons. The van der Waals surface area contributed by atoms with E-state index in [-0.39, 0.29) is 17.9 Å². The number of rotatable bonds is 5. The second-order valence-corrected chi connectivity index (χ2v) is 7.48. The lowest BCUT2D eigenvalue weighted by Crippen LogP contribution is -2.50. The maximum Gasteiger partial charge on any atom is 0.255 e. The van der Waals surface area contributed by atoms with Crippen LogP contribution >= 0.6 is 23.4 Å². The van der Waals surface area contributed by atoms with Crippen LogP contribution < -0.4 is 11.1 Å². The van der Waals surface area contributed by atoms with Gasteiger partial charge in [0.05, 0.1) is 5.88 Å². The van der Waals surface area contributed by atoms with E-state index in [0.717, 1.165) is 12.8 Å². The van der Waals surface area contributed by atoms with E-state index in [1.54, 1.807) is 40.9 Å². The number of nitrogens with zero attached hydrogens (tertiary/aromatic N) is 1. The Kier molecular flexibility index (Phi) is 5.14. The number of hydrogen-bond donors (Lipinski definition) is 2. The summed E-state index contributed by atoms with van der Waals surface area (Å²) in [5, 5.41) is 3.48. The van der Waals surface area contributed by atoms with Crippen molar-refractivity contribution < 1.29 is 9.59 Å². The largest absolute Gasteiger partial charge is 0.353 e. The topological polar surface area (TPSA) is 75.4 Å². The van der Waals surface area contributed by atoms with Gasteiger partial charge >= 0.3 is 0 Å². The average molecular weight is 354 g/mol. The van der Waals surface area contributed by atoms with E-state index >= 15 is 0 Å². The predicted molar refractivity (Wildman–Crippen MR) is 92.4 cm³/mol. The molecule has 1 aliphatic heterocycles. The van der Waals surface area contributed by atoms with E-state index in [0.29, 0.717) is 34.7 Å². The molecule has 0 aromatic heterocycles. The van der Waals surface area contributed by atoms with Crippen molar-refractivity contribution in [1.82, 2.24) is 10.2 Å². The molecule has 0 radical (unpaired) electrons. The molecule has 3 N–H and O–H groups in total. The predicted octanol–water partition coefficient (Wildman–Crippen LogP) is 1.71. The highest BCUT2D eigenvalue weighted by Gasteiger charge is 2.36. The molecule has 2 atom stereocenters. The first-order valence-corrected chi connectivity index (χ1v) is 9.27. The molecular formula is C16H20ClN3O2S. The number of hydrogen-bond acceptors (Lipinski definition) is 4. The first kappa shape index (κ1) is 16.6. The van der Waals surface area contributed by atoms with Gasteiger partial charge < -0.3 is 16.0 Å². The quantitative estimate of drug-likeness (QED) is 0.845. The zero-order chi connectivity index (χ0) is 16.4. The van der Waals surface area contributed by atoms with Crippen molar-refractivity contribution in [2.45, 2.75) is 24.9 Å². The van der Waals surface area contributed by atoms with Crippen LogP contribution in [0.2, 0.25) is 5.02 Å². The molecule has 2 fully saturated rings. The van der Waals surface area contributed by atoms with Gasteiger partial charge in [0.15, 0.2) is 0 Å². The van der Waals surface area contributed by atoms with Crippen molar-refractivity contribution in [3.63, 3.8) is 0 Å². The molecular weight excluding hydrogens is 334 g/mol. The Morgan fingerprint density at radius 3 is 2.70 bits per heavy atom. The molecule has 2 unspecified atom stereocenters. The Labute approximate surface area is 144 Å². The fraction of sp³-hybridized carbons (Fsp3) is 0.500. The molecule has 1 aromatic carbocycles. The van der Waals surface area contributed by atoms with Crippen LogP contribution in [-0.2, 0) is 4.79 Å². The first-order chi connectivity index (χ1) is 11.1. The minimum absolute atomic E-state index is 0.0217. The Morgan fingerprint density at radius 1 is 1.35 bits per heavy atom. The third kappa shape index (κ3) is 4.00. The van der Waals surface area contributed by atoms with Gasteiger partial charge in [-0.15, -0.1) is 11.8 Å². The Morgan fingerprint density at radius 2 is 2.04 bits per heavy atom. The number of carbonyl (C=O) groups excluding carboxylic acids is 2. The van der Waals surface area contributed by atoms with Crippen LogP contribution in [0.4, 0.5) is 0 Å². The van der Waals surface area contributed by atoms with Gasteiger partial charge in [0, 0.05) is 28.9 Å². The molecule has 0 spiro atoms. The van der Waals surface area contributed by atoms with Gasteiger partial charge in [0.2, 0.25) is 5.91 Å². The molecule has 3 rings (SSSR count). The van der Waals surface area contributed by atoms with Crippen LogP contribution in [0.25, 0.3) is 0 Å². The van der Waals surface area contributed by atoms with Crippen LogP contribution in [0.3, 0.4) is 0 Å². The van der Waals surface area contributed by atoms with E-state index in [2.05, 4.69) is 5.32 Å². The van der Waals surface area contributed by atoms with E-state index in [1.807, 2.05) is 0 Å². The summed E-state index contributed by atoms with van der Waals surface area (Å²) in [6.07, 6.45) is 2.30. The van der Waals surface area contributed by atoms with Crippen LogP contribution in [0.5, 0.6) is 0 Å². The Balaban J connectivity index is 1.60. The standard InChI is InChI=1S/C16H20ClN3O2S/c17-12-5-3-11(4-6-12)16(22)20-9-23-8-14(20)15(21)19-7-13(18)10-1-2-10/h3-6,10,13-14H,1-2,7-9,18H2,(H,19,21). The summed E-state index contributed by atoms with van der Waals surface area (Å²) in [7, 11) is 0. The van der Waals surface area contributed by atoms with Gasteiger partial charge in [-0.3, -0.25) is 9.59 Å². The number of carbonyl (C=O) groups is 2. The summed E-state index contributed by atoms with van der Waals surface area (Å²) < 4.78 is 0. The zero-order valence-electron chi connectivity index (χ0n) is 12.7. The highest BCUT2D eigenvalue weighted by atomic mass is 35.5. The van der Waals surface area contributed by atoms with Gasteiger partial charge in [0.1, 0.15) is 6.04 Å². The Hall–Kier alpha value is -1.24. The second kappa shape index (κ2) is 7.11. The average Bonchev–Trinajstić information content (AvgIpc) is 3.29. The van der Waals surface area contributed by atoms with E-state index in [9.17, 15) is 9.59 Å². The molecule has 5 nitrogen and oxygen atoms in total. The van der Waals surface area contributed by atoms with Crippen LogP contribution in [-0.4, -0.2) is 47.0 Å². The number of benzene rings is 1. The summed E-state index contributed by atoms with van der Waals surface area (Å²) >= 11 is 7.44. The molecule has 1 aliphatic carbocycles. The molecule has 1 saturated heterocycles. The van der Waals surface area contributed by atoms with Gasteiger partial charge in [0.25, 0.3) is 5.91 Å². The fourth-order valence-electron chi connectivity index (χ4n) is 2.65. The minimum Gasteiger partial charge on any atom is -0.353 e. The number of halogens is 1. The van der Waals surface area contributed by atoms with Crippen molar-refractivity contribution in [2.24, 2.45) is 11.7 Å². The highest BCUT2D eigenvalue weighted by Crippen LogP contribution is 2.31. The van der Waals surface area contributed by atoms with Crippen LogP contribution in [0, 0.1) is 5.92 Å². The molecule has 23 heavy (non-hydrogen) atoms. The third-order valence-electron chi connectivity index (χ3n) is 4.28. The summed E-state index contributed by atoms with van der Waals surface area (Å²) in [5.74, 6) is 1.42. The van der Waals surface area contributed by atoms with Crippen LogP contribution in [0.1, 0.15) is 23.2 Å². The van der Waals surface area contributed by atoms with Gasteiger partial charge in [-0.25, -0.2) is 0 Å². The summed E-state index contributed by atoms with van der Waals surface area (Å²) in [6, 6.07) is 6.32. The number of amides is 2. The highest BCUT2D eigenvalue weighted by molar-refractivity contribution is 7.99. The number of nitrogens with one attached hydrogen (secondary N) is 1. The third-order valence-corrected chi connectivity index (χ3v) is 5.54. The maximum atomic E-state index is 12.6. The van der Waals surface area contributed by atoms with E-state index in [4.69, 9.17) is 17.3 Å². The van der Waals surface area contributed by atoms with Crippen molar-refractivity contribution in [3.8, 4) is 0 Å². The fourth-order valence-corrected chi connectivity index (χ4v) is 3.93. The number of nitrogens with two attached hydrogens (primary N) is 1. The summed E-state index contributed by atoms with van der Waals surface area (Å²) in [6.45, 7) is 0.480. The lowest BCUT2D eigenvalue weighted by Gasteiger charge is -2.24. The SMILES string of the molecule is NC(CNC(=O)C1CSCN1C(=O)c1ccc(Cl)cc1)C1CC1. The van der Waals surface area contributed by atoms with Crippen molar-refractivity contribution in [3.05, 3.63) is 34.9 Å². The molecule has 1 saturated carbocycles. The van der Waals surface area contributed by atoms with Crippen LogP contribution in [0.15, 0.2) is 24.3 Å². The van der Waals surface area contributed by atoms with Crippen molar-refractivity contribution >= 4 is 35.2 Å². The molecule has 1 aromatic rings. The van der Waals surface area contributed by atoms with E-state index in [1.165, 1.54) is 0 Å². The maximum absolute atomic E-state index is 12.6. The second-order valence-electron chi connectivity index (χ2n) is 6.04.